The maximum Gasteiger partial charge on any atom is 4.00 e. The zero-order chi connectivity index (χ0) is 0. The van der Waals surface area contributed by atoms with Crippen LogP contribution < -0.4 is 0 Å². The summed E-state index contributed by atoms with van der Waals surface area (Å²) in [4.78, 5) is 0. The van der Waals surface area contributed by atoms with Gasteiger partial charge in [-0.05, 0) is 0 Å². The van der Waals surface area contributed by atoms with E-state index in [1.807, 2.05) is 0 Å². The van der Waals surface area contributed by atoms with Crippen molar-refractivity contribution in [2.75, 3.05) is 0 Å². The average Bonchev–Trinajstić information content (AvgIpc) is 0. The first-order valence-electron chi connectivity index (χ1n) is 0. The van der Waals surface area contributed by atoms with E-state index >= 15 is 0 Å². The normalized spacial score (nSPS) is 0. The molecule has 7 heteroatoms. The minimum absolute atomic E-state index is 0. The van der Waals surface area contributed by atoms with Gasteiger partial charge in [-0.1, -0.05) is 0 Å². The summed E-state index contributed by atoms with van der Waals surface area (Å²) in [6.45, 7) is 0. The Bertz CT molecular complexity index is 11.7. The average molecular weight is 207 g/mol. The van der Waals surface area contributed by atoms with Crippen LogP contribution in [0, 0.1) is 0 Å². The molecule has 0 unspecified atom stereocenters. The Hall–Kier alpha value is 2.33. The molecule has 0 fully saturated rings. The van der Waals surface area contributed by atoms with Crippen molar-refractivity contribution >= 4 is 37.7 Å². The van der Waals surface area contributed by atoms with Gasteiger partial charge in [0.2, 0.25) is 0 Å². The molecule has 0 bridgehead atoms. The molecule has 0 atom stereocenters. The summed E-state index contributed by atoms with van der Waals surface area (Å²) in [5.41, 5.74) is 0. The third kappa shape index (κ3) is 61.4. The minimum atomic E-state index is 0. The van der Waals surface area contributed by atoms with E-state index in [2.05, 4.69) is 0 Å². The molecule has 0 saturated heterocycles. The summed E-state index contributed by atoms with van der Waals surface area (Å²) < 4.78 is 0. The van der Waals surface area contributed by atoms with Crippen LogP contribution in [-0.2, 0) is 60.7 Å². The van der Waals surface area contributed by atoms with Gasteiger partial charge in [-0.15, -0.1) is 0 Å². The molecule has 0 spiro atoms. The Balaban J connectivity index is 0. The third-order valence-corrected chi connectivity index (χ3v) is 0. The van der Waals surface area contributed by atoms with Gasteiger partial charge >= 0.3 is 76.5 Å². The zero-order valence-corrected chi connectivity index (χ0v) is 8.17. The van der Waals surface area contributed by atoms with Gasteiger partial charge in [0.15, 0.2) is 0 Å². The number of hydrogen-bond donors (Lipinski definition) is 0. The largest absolute Gasteiger partial charge is 4.00 e. The maximum atomic E-state index is 0. The van der Waals surface area contributed by atoms with Crippen molar-refractivity contribution in [2.45, 2.75) is 0 Å². The predicted molar refractivity (Wildman–Crippen MR) is 8.50 cm³/mol. The van der Waals surface area contributed by atoms with Crippen molar-refractivity contribution in [2.24, 2.45) is 0 Å². The SMILES string of the molecule is [Ca+2].[Mn+2].[O-2].[O-2].[O-2].[O-2].[Ti+4]. The topological polar surface area (TPSA) is 114 Å². The van der Waals surface area contributed by atoms with Crippen LogP contribution in [0.2, 0.25) is 0 Å². The molecule has 0 N–H and O–H groups in total. The molecular weight excluding hydrogens is 207 g/mol. The molecule has 7 heavy (non-hydrogen) atoms. The molecule has 4 nitrogen and oxygen atoms in total. The second kappa shape index (κ2) is 82.3. The van der Waals surface area contributed by atoms with Crippen LogP contribution in [0.3, 0.4) is 0 Å². The van der Waals surface area contributed by atoms with E-state index in [1.54, 1.807) is 0 Å². The second-order valence-electron chi connectivity index (χ2n) is 0. The van der Waals surface area contributed by atoms with Gasteiger partial charge in [0.25, 0.3) is 0 Å². The molecule has 0 aliphatic carbocycles. The quantitative estimate of drug-likeness (QED) is 0.459. The summed E-state index contributed by atoms with van der Waals surface area (Å²) in [6.07, 6.45) is 0. The molecular formula is CaMnO4Ti. The first kappa shape index (κ1) is 119. The molecule has 0 aromatic rings. The van der Waals surface area contributed by atoms with Crippen molar-refractivity contribution < 1.29 is 60.7 Å². The van der Waals surface area contributed by atoms with Gasteiger partial charge in [0, 0.05) is 0 Å². The standard InChI is InChI=1S/Ca.Mn.4O.Ti/q2*+2;4*-2;+4. The van der Waals surface area contributed by atoms with Crippen LogP contribution in [0.1, 0.15) is 0 Å². The van der Waals surface area contributed by atoms with E-state index in [9.17, 15) is 0 Å². The molecule has 0 aromatic carbocycles. The molecule has 0 aromatic heterocycles. The Labute approximate surface area is 97.0 Å². The Morgan fingerprint density at radius 3 is 0.571 bits per heavy atom. The smallest absolute Gasteiger partial charge is 2.00 e. The van der Waals surface area contributed by atoms with Gasteiger partial charge in [0.05, 0.1) is 0 Å². The van der Waals surface area contributed by atoms with E-state index in [4.69, 9.17) is 0 Å². The van der Waals surface area contributed by atoms with Crippen LogP contribution in [0.15, 0.2) is 0 Å². The third-order valence-electron chi connectivity index (χ3n) is 0. The van der Waals surface area contributed by atoms with Crippen molar-refractivity contribution in [1.82, 2.24) is 0 Å². The fourth-order valence-electron chi connectivity index (χ4n) is 0. The van der Waals surface area contributed by atoms with Crippen LogP contribution in [0.25, 0.3) is 0 Å². The predicted octanol–water partition coefficient (Wildman–Crippen LogP) is -0.861. The Kier molecular flexibility index (Phi) is 1400. The van der Waals surface area contributed by atoms with Crippen LogP contribution in [0.5, 0.6) is 0 Å². The van der Waals surface area contributed by atoms with Crippen LogP contribution in [0.4, 0.5) is 0 Å². The molecule has 1 radical (unpaired) electrons. The van der Waals surface area contributed by atoms with Crippen LogP contribution in [-0.4, -0.2) is 37.7 Å². The number of rotatable bonds is 0. The molecule has 0 amide bonds. The fourth-order valence-corrected chi connectivity index (χ4v) is 0. The summed E-state index contributed by atoms with van der Waals surface area (Å²) in [7, 11) is 0. The van der Waals surface area contributed by atoms with Gasteiger partial charge in [0.1, 0.15) is 0 Å². The van der Waals surface area contributed by atoms with Crippen LogP contribution >= 0.6 is 0 Å². The molecule has 0 aliphatic heterocycles. The Morgan fingerprint density at radius 2 is 0.571 bits per heavy atom. The van der Waals surface area contributed by atoms with Crippen molar-refractivity contribution in [3.63, 3.8) is 0 Å². The Morgan fingerprint density at radius 1 is 0.571 bits per heavy atom. The van der Waals surface area contributed by atoms with Gasteiger partial charge in [-0.2, -0.15) is 0 Å². The molecule has 37 valence electrons. The van der Waals surface area contributed by atoms with Gasteiger partial charge in [-0.3, -0.25) is 0 Å². The van der Waals surface area contributed by atoms with E-state index in [0.29, 0.717) is 0 Å². The van der Waals surface area contributed by atoms with E-state index in [1.165, 1.54) is 0 Å². The monoisotopic (exact) mass is 207 g/mol. The summed E-state index contributed by atoms with van der Waals surface area (Å²) in [6, 6.07) is 0. The first-order valence-corrected chi connectivity index (χ1v) is 0. The van der Waals surface area contributed by atoms with Crippen molar-refractivity contribution in [3.05, 3.63) is 0 Å². The molecule has 0 heterocycles. The van der Waals surface area contributed by atoms with Crippen molar-refractivity contribution in [3.8, 4) is 0 Å². The van der Waals surface area contributed by atoms with Gasteiger partial charge < -0.3 is 21.9 Å². The number of hydrogen-bond acceptors (Lipinski definition) is 0. The first-order chi connectivity index (χ1) is 0. The van der Waals surface area contributed by atoms with Gasteiger partial charge in [-0.25, -0.2) is 0 Å². The molecule has 0 saturated carbocycles. The molecule has 0 aliphatic rings. The molecule has 0 rings (SSSR count). The minimum Gasteiger partial charge on any atom is -2.00 e. The van der Waals surface area contributed by atoms with Crippen molar-refractivity contribution in [1.29, 1.82) is 0 Å². The van der Waals surface area contributed by atoms with E-state index < -0.39 is 0 Å². The van der Waals surface area contributed by atoms with E-state index in [0.717, 1.165) is 0 Å². The summed E-state index contributed by atoms with van der Waals surface area (Å²) in [5, 5.41) is 0. The maximum absolute atomic E-state index is 0. The zero-order valence-electron chi connectivity index (χ0n) is 3.22. The van der Waals surface area contributed by atoms with E-state index in [-0.39, 0.29) is 98.4 Å². The summed E-state index contributed by atoms with van der Waals surface area (Å²) in [5.74, 6) is 0. The summed E-state index contributed by atoms with van der Waals surface area (Å²) >= 11 is 0. The fraction of sp³-hybridized carbons (Fsp3) is 0. The second-order valence-corrected chi connectivity index (χ2v) is 0.